The van der Waals surface area contributed by atoms with Crippen LogP contribution in [0.4, 0.5) is 0 Å². The van der Waals surface area contributed by atoms with Crippen LogP contribution in [0.3, 0.4) is 0 Å². The Morgan fingerprint density at radius 3 is 2.68 bits per heavy atom. The van der Waals surface area contributed by atoms with Crippen molar-refractivity contribution < 1.29 is 9.47 Å². The first-order valence-electron chi connectivity index (χ1n) is 7.94. The molecule has 0 aromatic heterocycles. The van der Waals surface area contributed by atoms with Gasteiger partial charge in [0.25, 0.3) is 0 Å². The first kappa shape index (κ1) is 15.2. The van der Waals surface area contributed by atoms with Gasteiger partial charge in [-0.25, -0.2) is 0 Å². The van der Waals surface area contributed by atoms with Crippen LogP contribution in [0.5, 0.6) is 0 Å². The van der Waals surface area contributed by atoms with E-state index >= 15 is 0 Å². The van der Waals surface area contributed by atoms with Crippen LogP contribution in [0.25, 0.3) is 0 Å². The number of methoxy groups -OCH3 is 1. The van der Waals surface area contributed by atoms with Gasteiger partial charge < -0.3 is 14.8 Å². The van der Waals surface area contributed by atoms with E-state index in [2.05, 4.69) is 10.2 Å². The molecule has 1 saturated heterocycles. The van der Waals surface area contributed by atoms with E-state index in [1.165, 1.54) is 51.7 Å². The zero-order chi connectivity index (χ0) is 13.3. The van der Waals surface area contributed by atoms with Crippen molar-refractivity contribution in [3.63, 3.8) is 0 Å². The maximum absolute atomic E-state index is 5.55. The fraction of sp³-hybridized carbons (Fsp3) is 1.00. The Kier molecular flexibility index (Phi) is 7.14. The summed E-state index contributed by atoms with van der Waals surface area (Å²) >= 11 is 0. The molecule has 2 fully saturated rings. The molecule has 2 aliphatic rings. The predicted octanol–water partition coefficient (Wildman–Crippen LogP) is 1.65. The molecule has 1 aliphatic heterocycles. The van der Waals surface area contributed by atoms with Gasteiger partial charge in [0.05, 0.1) is 13.2 Å². The van der Waals surface area contributed by atoms with Gasteiger partial charge in [-0.3, -0.25) is 4.90 Å². The van der Waals surface area contributed by atoms with Crippen molar-refractivity contribution in [1.29, 1.82) is 0 Å². The summed E-state index contributed by atoms with van der Waals surface area (Å²) < 4.78 is 10.5. The molecule has 2 rings (SSSR count). The van der Waals surface area contributed by atoms with Gasteiger partial charge in [0.1, 0.15) is 0 Å². The average Bonchev–Trinajstić information content (AvgIpc) is 3.27. The molecule has 1 heterocycles. The SMILES string of the molecule is COCCOCCCN(CC1CCCCN1)C1CC1. The van der Waals surface area contributed by atoms with Crippen molar-refractivity contribution >= 4 is 0 Å². The van der Waals surface area contributed by atoms with Gasteiger partial charge in [-0.05, 0) is 38.6 Å². The standard InChI is InChI=1S/C15H30N2O2/c1-18-11-12-19-10-4-9-17(15-6-7-15)13-14-5-2-3-8-16-14/h14-16H,2-13H2,1H3. The van der Waals surface area contributed by atoms with E-state index in [4.69, 9.17) is 9.47 Å². The molecule has 1 saturated carbocycles. The second kappa shape index (κ2) is 8.90. The van der Waals surface area contributed by atoms with Gasteiger partial charge in [0.2, 0.25) is 0 Å². The molecule has 0 radical (unpaired) electrons. The van der Waals surface area contributed by atoms with E-state index in [1.807, 2.05) is 0 Å². The highest BCUT2D eigenvalue weighted by Crippen LogP contribution is 2.27. The molecule has 1 N–H and O–H groups in total. The van der Waals surface area contributed by atoms with E-state index < -0.39 is 0 Å². The van der Waals surface area contributed by atoms with E-state index in [0.29, 0.717) is 6.61 Å². The van der Waals surface area contributed by atoms with Gasteiger partial charge in [-0.2, -0.15) is 0 Å². The highest BCUT2D eigenvalue weighted by Gasteiger charge is 2.30. The summed E-state index contributed by atoms with van der Waals surface area (Å²) in [7, 11) is 1.72. The van der Waals surface area contributed by atoms with Gasteiger partial charge >= 0.3 is 0 Å². The summed E-state index contributed by atoms with van der Waals surface area (Å²) in [4.78, 5) is 2.68. The zero-order valence-electron chi connectivity index (χ0n) is 12.4. The Balaban J connectivity index is 1.57. The van der Waals surface area contributed by atoms with Crippen molar-refractivity contribution in [2.24, 2.45) is 0 Å². The molecule has 4 heteroatoms. The highest BCUT2D eigenvalue weighted by molar-refractivity contribution is 4.87. The largest absolute Gasteiger partial charge is 0.382 e. The first-order chi connectivity index (χ1) is 9.40. The van der Waals surface area contributed by atoms with Crippen LogP contribution in [0, 0.1) is 0 Å². The number of nitrogens with zero attached hydrogens (tertiary/aromatic N) is 1. The Hall–Kier alpha value is -0.160. The third-order valence-corrected chi connectivity index (χ3v) is 4.10. The van der Waals surface area contributed by atoms with Gasteiger partial charge in [-0.15, -0.1) is 0 Å². The minimum absolute atomic E-state index is 0.707. The molecule has 0 aromatic rings. The molecular formula is C15H30N2O2. The quantitative estimate of drug-likeness (QED) is 0.612. The lowest BCUT2D eigenvalue weighted by Crippen LogP contribution is -2.44. The normalized spacial score (nSPS) is 24.0. The van der Waals surface area contributed by atoms with Crippen LogP contribution in [-0.4, -0.2) is 63.5 Å². The molecule has 1 atom stereocenters. The van der Waals surface area contributed by atoms with Crippen molar-refractivity contribution in [1.82, 2.24) is 10.2 Å². The summed E-state index contributed by atoms with van der Waals surface area (Å²) in [5.41, 5.74) is 0. The van der Waals surface area contributed by atoms with Crippen molar-refractivity contribution in [3.05, 3.63) is 0 Å². The van der Waals surface area contributed by atoms with Crippen LogP contribution < -0.4 is 5.32 Å². The number of hydrogen-bond donors (Lipinski definition) is 1. The topological polar surface area (TPSA) is 33.7 Å². The maximum Gasteiger partial charge on any atom is 0.0700 e. The Morgan fingerprint density at radius 1 is 1.11 bits per heavy atom. The fourth-order valence-corrected chi connectivity index (χ4v) is 2.84. The Bertz CT molecular complexity index is 228. The molecule has 19 heavy (non-hydrogen) atoms. The summed E-state index contributed by atoms with van der Waals surface area (Å²) in [6.07, 6.45) is 8.05. The molecule has 0 spiro atoms. The second-order valence-corrected chi connectivity index (χ2v) is 5.83. The first-order valence-corrected chi connectivity index (χ1v) is 7.94. The van der Waals surface area contributed by atoms with Crippen molar-refractivity contribution in [2.75, 3.05) is 46.6 Å². The van der Waals surface area contributed by atoms with Crippen LogP contribution >= 0.6 is 0 Å². The van der Waals surface area contributed by atoms with Crippen LogP contribution in [0.2, 0.25) is 0 Å². The third-order valence-electron chi connectivity index (χ3n) is 4.10. The number of ether oxygens (including phenoxy) is 2. The smallest absolute Gasteiger partial charge is 0.0700 e. The monoisotopic (exact) mass is 270 g/mol. The Labute approximate surface area is 117 Å². The molecule has 4 nitrogen and oxygen atoms in total. The third kappa shape index (κ3) is 6.21. The van der Waals surface area contributed by atoms with Crippen LogP contribution in [0.1, 0.15) is 38.5 Å². The van der Waals surface area contributed by atoms with E-state index in [9.17, 15) is 0 Å². The predicted molar refractivity (Wildman–Crippen MR) is 77.5 cm³/mol. The maximum atomic E-state index is 5.55. The minimum atomic E-state index is 0.707. The van der Waals surface area contributed by atoms with Crippen molar-refractivity contribution in [3.8, 4) is 0 Å². The zero-order valence-corrected chi connectivity index (χ0v) is 12.4. The fourth-order valence-electron chi connectivity index (χ4n) is 2.84. The number of nitrogens with one attached hydrogen (secondary N) is 1. The van der Waals surface area contributed by atoms with Crippen LogP contribution in [-0.2, 0) is 9.47 Å². The highest BCUT2D eigenvalue weighted by atomic mass is 16.5. The summed E-state index contributed by atoms with van der Waals surface area (Å²) in [6, 6.07) is 1.59. The van der Waals surface area contributed by atoms with Gasteiger partial charge in [-0.1, -0.05) is 6.42 Å². The molecule has 112 valence electrons. The van der Waals surface area contributed by atoms with Gasteiger partial charge in [0.15, 0.2) is 0 Å². The van der Waals surface area contributed by atoms with Gasteiger partial charge in [0, 0.05) is 38.9 Å². The summed E-state index contributed by atoms with van der Waals surface area (Å²) in [5.74, 6) is 0. The molecule has 0 bridgehead atoms. The number of piperidine rings is 1. The lowest BCUT2D eigenvalue weighted by molar-refractivity contribution is 0.0640. The average molecular weight is 270 g/mol. The minimum Gasteiger partial charge on any atom is -0.382 e. The Morgan fingerprint density at radius 2 is 2.00 bits per heavy atom. The van der Waals surface area contributed by atoms with Crippen LogP contribution in [0.15, 0.2) is 0 Å². The second-order valence-electron chi connectivity index (χ2n) is 5.83. The van der Waals surface area contributed by atoms with E-state index in [-0.39, 0.29) is 0 Å². The molecule has 0 amide bonds. The molecule has 1 unspecified atom stereocenters. The number of hydrogen-bond acceptors (Lipinski definition) is 4. The van der Waals surface area contributed by atoms with Crippen molar-refractivity contribution in [2.45, 2.75) is 50.6 Å². The summed E-state index contributed by atoms with van der Waals surface area (Å²) in [6.45, 7) is 5.94. The summed E-state index contributed by atoms with van der Waals surface area (Å²) in [5, 5.41) is 3.66. The number of rotatable bonds is 10. The van der Waals surface area contributed by atoms with E-state index in [0.717, 1.165) is 31.7 Å². The lowest BCUT2D eigenvalue weighted by Gasteiger charge is -2.30. The lowest BCUT2D eigenvalue weighted by atomic mass is 10.0. The molecule has 0 aromatic carbocycles. The van der Waals surface area contributed by atoms with E-state index in [1.54, 1.807) is 7.11 Å². The molecule has 1 aliphatic carbocycles. The molecular weight excluding hydrogens is 240 g/mol.